The summed E-state index contributed by atoms with van der Waals surface area (Å²) in [5, 5.41) is 2.92. The van der Waals surface area contributed by atoms with E-state index in [-0.39, 0.29) is 29.8 Å². The van der Waals surface area contributed by atoms with Gasteiger partial charge >= 0.3 is 0 Å². The van der Waals surface area contributed by atoms with Crippen LogP contribution in [0.5, 0.6) is 0 Å². The molecule has 0 spiro atoms. The molecule has 6 heteroatoms. The van der Waals surface area contributed by atoms with Gasteiger partial charge in [-0.2, -0.15) is 0 Å². The molecule has 0 radical (unpaired) electrons. The summed E-state index contributed by atoms with van der Waals surface area (Å²) in [4.78, 5) is 42.5. The summed E-state index contributed by atoms with van der Waals surface area (Å²) in [7, 11) is 0. The molecule has 1 fully saturated rings. The van der Waals surface area contributed by atoms with Crippen LogP contribution >= 0.6 is 0 Å². The van der Waals surface area contributed by atoms with Crippen LogP contribution in [0.2, 0.25) is 0 Å². The lowest BCUT2D eigenvalue weighted by Gasteiger charge is -2.46. The molecule has 6 nitrogen and oxygen atoms in total. The van der Waals surface area contributed by atoms with Crippen LogP contribution in [-0.2, 0) is 4.79 Å². The van der Waals surface area contributed by atoms with E-state index in [1.165, 1.54) is 0 Å². The normalized spacial score (nSPS) is 18.9. The zero-order valence-corrected chi connectivity index (χ0v) is 19.8. The summed E-state index contributed by atoms with van der Waals surface area (Å²) in [6, 6.07) is 14.2. The predicted molar refractivity (Wildman–Crippen MR) is 127 cm³/mol. The molecule has 3 amide bonds. The van der Waals surface area contributed by atoms with E-state index in [0.29, 0.717) is 29.9 Å². The Morgan fingerprint density at radius 1 is 0.906 bits per heavy atom. The van der Waals surface area contributed by atoms with Gasteiger partial charge in [-0.3, -0.25) is 14.4 Å². The highest BCUT2D eigenvalue weighted by atomic mass is 16.2. The van der Waals surface area contributed by atoms with Crippen molar-refractivity contribution < 1.29 is 14.4 Å². The monoisotopic (exact) mass is 435 g/mol. The number of carbonyl (C=O) groups excluding carboxylic acids is 3. The van der Waals surface area contributed by atoms with Gasteiger partial charge in [0.05, 0.1) is 0 Å². The molecular formula is C26H33N3O3. The second kappa shape index (κ2) is 9.15. The molecule has 2 aromatic rings. The van der Waals surface area contributed by atoms with Gasteiger partial charge in [0, 0.05) is 47.4 Å². The Hall–Kier alpha value is -3.15. The third-order valence-electron chi connectivity index (χ3n) is 5.85. The predicted octanol–water partition coefficient (Wildman–Crippen LogP) is 4.35. The van der Waals surface area contributed by atoms with Gasteiger partial charge in [-0.15, -0.1) is 0 Å². The van der Waals surface area contributed by atoms with Crippen molar-refractivity contribution in [2.75, 3.05) is 18.4 Å². The Morgan fingerprint density at radius 2 is 1.50 bits per heavy atom. The van der Waals surface area contributed by atoms with Gasteiger partial charge in [0.15, 0.2) is 0 Å². The number of amides is 3. The van der Waals surface area contributed by atoms with Gasteiger partial charge in [0.2, 0.25) is 5.91 Å². The molecule has 32 heavy (non-hydrogen) atoms. The van der Waals surface area contributed by atoms with Gasteiger partial charge in [0.1, 0.15) is 0 Å². The van der Waals surface area contributed by atoms with Crippen molar-refractivity contribution in [3.63, 3.8) is 0 Å². The number of benzene rings is 2. The van der Waals surface area contributed by atoms with Crippen LogP contribution in [0.25, 0.3) is 0 Å². The van der Waals surface area contributed by atoms with Crippen LogP contribution in [0, 0.1) is 12.3 Å². The van der Waals surface area contributed by atoms with Gasteiger partial charge in [-0.05, 0) is 50.6 Å². The number of rotatable bonds is 3. The van der Waals surface area contributed by atoms with E-state index in [2.05, 4.69) is 5.32 Å². The van der Waals surface area contributed by atoms with Crippen LogP contribution in [0.3, 0.4) is 0 Å². The maximum absolute atomic E-state index is 13.4. The van der Waals surface area contributed by atoms with Crippen molar-refractivity contribution in [3.05, 3.63) is 65.2 Å². The number of carbonyl (C=O) groups is 3. The van der Waals surface area contributed by atoms with E-state index in [4.69, 9.17) is 0 Å². The third-order valence-corrected chi connectivity index (χ3v) is 5.85. The second-order valence-electron chi connectivity index (χ2n) is 9.72. The highest BCUT2D eigenvalue weighted by Gasteiger charge is 2.38. The molecule has 0 bridgehead atoms. The number of nitrogens with zero attached hydrogens (tertiary/aromatic N) is 2. The molecule has 1 aliphatic heterocycles. The molecule has 0 aromatic heterocycles. The number of piperazine rings is 1. The largest absolute Gasteiger partial charge is 0.338 e. The minimum Gasteiger partial charge on any atom is -0.338 e. The first-order valence-corrected chi connectivity index (χ1v) is 11.1. The van der Waals surface area contributed by atoms with Crippen molar-refractivity contribution in [3.8, 4) is 0 Å². The fourth-order valence-corrected chi connectivity index (χ4v) is 4.19. The Morgan fingerprint density at radius 3 is 2.06 bits per heavy atom. The molecule has 1 saturated heterocycles. The first kappa shape index (κ1) is 23.5. The van der Waals surface area contributed by atoms with Gasteiger partial charge in [0.25, 0.3) is 11.8 Å². The molecule has 0 aliphatic carbocycles. The smallest absolute Gasteiger partial charge is 0.255 e. The van der Waals surface area contributed by atoms with E-state index in [0.717, 1.165) is 5.56 Å². The van der Waals surface area contributed by atoms with Crippen LogP contribution in [0.15, 0.2) is 48.5 Å². The average molecular weight is 436 g/mol. The van der Waals surface area contributed by atoms with Crippen LogP contribution in [-0.4, -0.2) is 52.7 Å². The summed E-state index contributed by atoms with van der Waals surface area (Å²) in [6.07, 6.45) is 0. The van der Waals surface area contributed by atoms with Crippen molar-refractivity contribution in [1.29, 1.82) is 0 Å². The lowest BCUT2D eigenvalue weighted by atomic mass is 9.93. The van der Waals surface area contributed by atoms with Gasteiger partial charge < -0.3 is 15.1 Å². The Kier molecular flexibility index (Phi) is 6.72. The Bertz CT molecular complexity index is 999. The lowest BCUT2D eigenvalue weighted by molar-refractivity contribution is -0.143. The average Bonchev–Trinajstić information content (AvgIpc) is 2.74. The van der Waals surface area contributed by atoms with E-state index in [1.54, 1.807) is 24.3 Å². The number of hydrogen-bond donors (Lipinski definition) is 1. The third kappa shape index (κ3) is 5.01. The van der Waals surface area contributed by atoms with Crippen LogP contribution in [0.1, 0.15) is 60.9 Å². The first-order chi connectivity index (χ1) is 15.0. The Labute approximate surface area is 190 Å². The molecule has 2 atom stereocenters. The number of hydrogen-bond acceptors (Lipinski definition) is 3. The standard InChI is InChI=1S/C26H33N3O3/c1-17-12-13-21(14-22(17)27-23(30)20-10-8-7-9-11-20)24(31)29-18(2)15-28(16-19(29)3)25(32)26(4,5)6/h7-14,18-19H,15-16H2,1-6H3,(H,27,30)/t18-,19-/m0/s1. The number of nitrogens with one attached hydrogen (secondary N) is 1. The Balaban J connectivity index is 1.78. The van der Waals surface area contributed by atoms with Gasteiger partial charge in [-0.25, -0.2) is 0 Å². The first-order valence-electron chi connectivity index (χ1n) is 11.1. The van der Waals surface area contributed by atoms with Crippen molar-refractivity contribution in [2.45, 2.75) is 53.6 Å². The van der Waals surface area contributed by atoms with E-state index in [1.807, 2.05) is 75.6 Å². The topological polar surface area (TPSA) is 69.7 Å². The van der Waals surface area contributed by atoms with Gasteiger partial charge in [-0.1, -0.05) is 45.0 Å². The number of anilines is 1. The summed E-state index contributed by atoms with van der Waals surface area (Å²) in [5.74, 6) is -0.207. The number of aryl methyl sites for hydroxylation is 1. The minimum atomic E-state index is -0.450. The zero-order chi connectivity index (χ0) is 23.6. The molecule has 1 aliphatic rings. The molecule has 1 N–H and O–H groups in total. The maximum Gasteiger partial charge on any atom is 0.255 e. The second-order valence-corrected chi connectivity index (χ2v) is 9.72. The fraction of sp³-hybridized carbons (Fsp3) is 0.423. The lowest BCUT2D eigenvalue weighted by Crippen LogP contribution is -2.61. The fourth-order valence-electron chi connectivity index (χ4n) is 4.19. The summed E-state index contributed by atoms with van der Waals surface area (Å²) in [5.41, 5.74) is 2.13. The molecule has 2 aromatic carbocycles. The SMILES string of the molecule is Cc1ccc(C(=O)N2[C@@H](C)CN(C(=O)C(C)(C)C)C[C@@H]2C)cc1NC(=O)c1ccccc1. The maximum atomic E-state index is 13.4. The van der Waals surface area contributed by atoms with E-state index >= 15 is 0 Å². The molecule has 1 heterocycles. The van der Waals surface area contributed by atoms with Crippen molar-refractivity contribution >= 4 is 23.4 Å². The van der Waals surface area contributed by atoms with E-state index < -0.39 is 5.41 Å². The molecule has 170 valence electrons. The van der Waals surface area contributed by atoms with Crippen molar-refractivity contribution in [2.24, 2.45) is 5.41 Å². The highest BCUT2D eigenvalue weighted by molar-refractivity contribution is 6.05. The van der Waals surface area contributed by atoms with E-state index in [9.17, 15) is 14.4 Å². The summed E-state index contributed by atoms with van der Waals surface area (Å²) < 4.78 is 0. The summed E-state index contributed by atoms with van der Waals surface area (Å²) >= 11 is 0. The molecule has 0 unspecified atom stereocenters. The quantitative estimate of drug-likeness (QED) is 0.779. The zero-order valence-electron chi connectivity index (χ0n) is 19.8. The van der Waals surface area contributed by atoms with Crippen LogP contribution < -0.4 is 5.32 Å². The van der Waals surface area contributed by atoms with Crippen LogP contribution in [0.4, 0.5) is 5.69 Å². The summed E-state index contributed by atoms with van der Waals surface area (Å²) in [6.45, 7) is 12.6. The molecule has 0 saturated carbocycles. The van der Waals surface area contributed by atoms with Crippen molar-refractivity contribution in [1.82, 2.24) is 9.80 Å². The molecule has 3 rings (SSSR count). The highest BCUT2D eigenvalue weighted by Crippen LogP contribution is 2.26. The minimum absolute atomic E-state index is 0.0944. The molecular weight excluding hydrogens is 402 g/mol.